The SMILES string of the molecule is Cc1ccc(-c2nc(SCC(=O)NCC(F)(F)F)[nH]c2-c2ccc(C)cc2)cc1. The van der Waals surface area contributed by atoms with E-state index in [9.17, 15) is 18.0 Å². The Morgan fingerprint density at radius 2 is 1.55 bits per heavy atom. The molecular weight excluding hydrogens is 399 g/mol. The van der Waals surface area contributed by atoms with Crippen LogP contribution in [0.3, 0.4) is 0 Å². The van der Waals surface area contributed by atoms with E-state index >= 15 is 0 Å². The number of carbonyl (C=O) groups excluding carboxylic acids is 1. The number of carbonyl (C=O) groups is 1. The molecule has 0 bridgehead atoms. The summed E-state index contributed by atoms with van der Waals surface area (Å²) in [6.45, 7) is 2.66. The quantitative estimate of drug-likeness (QED) is 0.545. The molecule has 8 heteroatoms. The molecule has 3 rings (SSSR count). The standard InChI is InChI=1S/C21H20F3N3OS/c1-13-3-7-15(8-4-13)18-19(16-9-5-14(2)6-10-16)27-20(26-18)29-11-17(28)25-12-21(22,23)24/h3-10H,11-12H2,1-2H3,(H,25,28)(H,26,27). The zero-order valence-electron chi connectivity index (χ0n) is 15.9. The van der Waals surface area contributed by atoms with E-state index < -0.39 is 18.6 Å². The second-order valence-corrected chi connectivity index (χ2v) is 7.64. The van der Waals surface area contributed by atoms with Crippen molar-refractivity contribution < 1.29 is 18.0 Å². The molecule has 0 atom stereocenters. The Morgan fingerprint density at radius 3 is 2.10 bits per heavy atom. The number of aromatic amines is 1. The van der Waals surface area contributed by atoms with Crippen molar-refractivity contribution >= 4 is 17.7 Å². The Hall–Kier alpha value is -2.74. The third-order valence-electron chi connectivity index (χ3n) is 4.17. The lowest BCUT2D eigenvalue weighted by molar-refractivity contribution is -0.136. The summed E-state index contributed by atoms with van der Waals surface area (Å²) in [6, 6.07) is 15.8. The first-order valence-corrected chi connectivity index (χ1v) is 9.90. The van der Waals surface area contributed by atoms with Crippen molar-refractivity contribution in [2.24, 2.45) is 0 Å². The smallest absolute Gasteiger partial charge is 0.346 e. The van der Waals surface area contributed by atoms with E-state index in [4.69, 9.17) is 0 Å². The van der Waals surface area contributed by atoms with E-state index in [2.05, 4.69) is 9.97 Å². The number of alkyl halides is 3. The molecule has 0 fully saturated rings. The lowest BCUT2D eigenvalue weighted by Crippen LogP contribution is -2.34. The van der Waals surface area contributed by atoms with Gasteiger partial charge in [-0.2, -0.15) is 13.2 Å². The average Bonchev–Trinajstić information content (AvgIpc) is 3.09. The van der Waals surface area contributed by atoms with Crippen LogP contribution in [0.25, 0.3) is 22.5 Å². The highest BCUT2D eigenvalue weighted by Crippen LogP contribution is 2.33. The molecule has 29 heavy (non-hydrogen) atoms. The second-order valence-electron chi connectivity index (χ2n) is 6.68. The van der Waals surface area contributed by atoms with Crippen LogP contribution in [0.4, 0.5) is 13.2 Å². The number of thioether (sulfide) groups is 1. The van der Waals surface area contributed by atoms with Crippen LogP contribution in [0.5, 0.6) is 0 Å². The summed E-state index contributed by atoms with van der Waals surface area (Å²) >= 11 is 1.06. The van der Waals surface area contributed by atoms with Crippen LogP contribution in [0, 0.1) is 13.8 Å². The van der Waals surface area contributed by atoms with Crippen LogP contribution in [0.2, 0.25) is 0 Å². The summed E-state index contributed by atoms with van der Waals surface area (Å²) < 4.78 is 36.7. The third-order valence-corrected chi connectivity index (χ3v) is 5.05. The van der Waals surface area contributed by atoms with Gasteiger partial charge in [0, 0.05) is 11.1 Å². The molecule has 0 spiro atoms. The minimum Gasteiger partial charge on any atom is -0.346 e. The maximum Gasteiger partial charge on any atom is 0.405 e. The first-order chi connectivity index (χ1) is 13.7. The fourth-order valence-electron chi connectivity index (χ4n) is 2.65. The number of aryl methyl sites for hydroxylation is 2. The van der Waals surface area contributed by atoms with Gasteiger partial charge in [-0.3, -0.25) is 4.79 Å². The number of nitrogens with one attached hydrogen (secondary N) is 2. The largest absolute Gasteiger partial charge is 0.405 e. The van der Waals surface area contributed by atoms with E-state index in [0.717, 1.165) is 45.4 Å². The molecule has 0 aliphatic heterocycles. The molecule has 3 aromatic rings. The summed E-state index contributed by atoms with van der Waals surface area (Å²) in [4.78, 5) is 19.5. The maximum absolute atomic E-state index is 12.2. The molecule has 0 aliphatic rings. The minimum absolute atomic E-state index is 0.162. The van der Waals surface area contributed by atoms with Crippen molar-refractivity contribution in [1.82, 2.24) is 15.3 Å². The van der Waals surface area contributed by atoms with Crippen molar-refractivity contribution in [3.63, 3.8) is 0 Å². The van der Waals surface area contributed by atoms with Gasteiger partial charge in [-0.15, -0.1) is 0 Å². The van der Waals surface area contributed by atoms with Gasteiger partial charge in [-0.25, -0.2) is 4.98 Å². The Morgan fingerprint density at radius 1 is 1.00 bits per heavy atom. The van der Waals surface area contributed by atoms with Crippen LogP contribution >= 0.6 is 11.8 Å². The van der Waals surface area contributed by atoms with Crippen molar-refractivity contribution in [2.45, 2.75) is 25.2 Å². The fourth-order valence-corrected chi connectivity index (χ4v) is 3.35. The summed E-state index contributed by atoms with van der Waals surface area (Å²) in [5.41, 5.74) is 5.63. The molecule has 0 saturated heterocycles. The van der Waals surface area contributed by atoms with Gasteiger partial charge < -0.3 is 10.3 Å². The second kappa shape index (κ2) is 8.73. The van der Waals surface area contributed by atoms with Gasteiger partial charge in [-0.1, -0.05) is 71.4 Å². The monoisotopic (exact) mass is 419 g/mol. The summed E-state index contributed by atoms with van der Waals surface area (Å²) in [5.74, 6) is -0.859. The highest BCUT2D eigenvalue weighted by atomic mass is 32.2. The van der Waals surface area contributed by atoms with Gasteiger partial charge in [0.1, 0.15) is 6.54 Å². The van der Waals surface area contributed by atoms with Gasteiger partial charge in [0.2, 0.25) is 5.91 Å². The molecule has 0 saturated carbocycles. The zero-order valence-corrected chi connectivity index (χ0v) is 16.7. The van der Waals surface area contributed by atoms with Crippen LogP contribution in [-0.4, -0.2) is 34.3 Å². The number of H-pyrrole nitrogens is 1. The molecule has 1 amide bonds. The predicted octanol–water partition coefficient (Wildman–Crippen LogP) is 5.13. The van der Waals surface area contributed by atoms with Gasteiger partial charge >= 0.3 is 6.18 Å². The number of benzene rings is 2. The summed E-state index contributed by atoms with van der Waals surface area (Å²) in [6.07, 6.45) is -4.43. The predicted molar refractivity (Wildman–Crippen MR) is 109 cm³/mol. The van der Waals surface area contributed by atoms with E-state index in [0.29, 0.717) is 5.16 Å². The lowest BCUT2D eigenvalue weighted by atomic mass is 10.0. The number of imidazole rings is 1. The van der Waals surface area contributed by atoms with Crippen LogP contribution < -0.4 is 5.32 Å². The van der Waals surface area contributed by atoms with E-state index in [-0.39, 0.29) is 5.75 Å². The molecule has 2 N–H and O–H groups in total. The Kier molecular flexibility index (Phi) is 6.32. The van der Waals surface area contributed by atoms with Crippen LogP contribution in [-0.2, 0) is 4.79 Å². The van der Waals surface area contributed by atoms with Crippen molar-refractivity contribution in [2.75, 3.05) is 12.3 Å². The van der Waals surface area contributed by atoms with E-state index in [1.54, 1.807) is 0 Å². The molecule has 0 aliphatic carbocycles. The number of nitrogens with zero attached hydrogens (tertiary/aromatic N) is 1. The number of rotatable bonds is 6. The summed E-state index contributed by atoms with van der Waals surface area (Å²) in [5, 5.41) is 2.33. The van der Waals surface area contributed by atoms with Crippen molar-refractivity contribution in [3.05, 3.63) is 59.7 Å². The highest BCUT2D eigenvalue weighted by Gasteiger charge is 2.27. The zero-order chi connectivity index (χ0) is 21.0. The molecule has 2 aromatic carbocycles. The molecule has 1 heterocycles. The fraction of sp³-hybridized carbons (Fsp3) is 0.238. The van der Waals surface area contributed by atoms with Crippen LogP contribution in [0.15, 0.2) is 53.7 Å². The molecule has 1 aromatic heterocycles. The number of halogens is 3. The number of amides is 1. The van der Waals surface area contributed by atoms with Gasteiger partial charge in [0.15, 0.2) is 5.16 Å². The van der Waals surface area contributed by atoms with Gasteiger partial charge in [-0.05, 0) is 13.8 Å². The third kappa shape index (κ3) is 5.87. The highest BCUT2D eigenvalue weighted by molar-refractivity contribution is 7.99. The Bertz CT molecular complexity index is 917. The molecule has 0 unspecified atom stereocenters. The Labute approximate surface area is 170 Å². The van der Waals surface area contributed by atoms with Gasteiger partial charge in [0.05, 0.1) is 17.1 Å². The van der Waals surface area contributed by atoms with E-state index in [1.165, 1.54) is 0 Å². The van der Waals surface area contributed by atoms with Gasteiger partial charge in [0.25, 0.3) is 0 Å². The first kappa shape index (κ1) is 21.0. The van der Waals surface area contributed by atoms with Crippen molar-refractivity contribution in [1.29, 1.82) is 0 Å². The number of hydrogen-bond acceptors (Lipinski definition) is 3. The summed E-state index contributed by atoms with van der Waals surface area (Å²) in [7, 11) is 0. The molecule has 4 nitrogen and oxygen atoms in total. The Balaban J connectivity index is 1.83. The lowest BCUT2D eigenvalue weighted by Gasteiger charge is -2.07. The van der Waals surface area contributed by atoms with Crippen LogP contribution in [0.1, 0.15) is 11.1 Å². The average molecular weight is 419 g/mol. The normalized spacial score (nSPS) is 11.5. The minimum atomic E-state index is -4.43. The van der Waals surface area contributed by atoms with Crippen molar-refractivity contribution in [3.8, 4) is 22.5 Å². The van der Waals surface area contributed by atoms with E-state index in [1.807, 2.05) is 67.7 Å². The number of hydrogen-bond donors (Lipinski definition) is 2. The molecule has 0 radical (unpaired) electrons. The topological polar surface area (TPSA) is 57.8 Å². The number of aromatic nitrogens is 2. The molecule has 152 valence electrons. The maximum atomic E-state index is 12.2. The first-order valence-electron chi connectivity index (χ1n) is 8.91. The molecular formula is C21H20F3N3OS.